The number of halogens is 1. The molecule has 0 saturated carbocycles. The van der Waals surface area contributed by atoms with Crippen LogP contribution in [0.2, 0.25) is 0 Å². The molecule has 1 aliphatic heterocycles. The van der Waals surface area contributed by atoms with Gasteiger partial charge in [0.15, 0.2) is 5.82 Å². The Morgan fingerprint density at radius 1 is 1.14 bits per heavy atom. The van der Waals surface area contributed by atoms with Crippen molar-refractivity contribution < 1.29 is 4.39 Å². The normalized spacial score (nSPS) is 16.1. The molecular formula is C15H10FN5. The van der Waals surface area contributed by atoms with Crippen LogP contribution in [0.15, 0.2) is 53.9 Å². The molecule has 6 heteroatoms. The third-order valence-corrected chi connectivity index (χ3v) is 3.42. The summed E-state index contributed by atoms with van der Waals surface area (Å²) in [7, 11) is 0. The number of hydrogen-bond donors (Lipinski definition) is 0. The van der Waals surface area contributed by atoms with Gasteiger partial charge in [-0.3, -0.25) is 14.5 Å². The summed E-state index contributed by atoms with van der Waals surface area (Å²) in [5, 5.41) is 7.89. The lowest BCUT2D eigenvalue weighted by Crippen LogP contribution is -2.05. The number of aromatic nitrogens is 4. The largest absolute Gasteiger partial charge is 0.280 e. The number of benzene rings is 1. The van der Waals surface area contributed by atoms with Gasteiger partial charge in [0.2, 0.25) is 0 Å². The van der Waals surface area contributed by atoms with E-state index < -0.39 is 0 Å². The SMILES string of the molecule is Fc1ccc2c(c1)C(c1ccccn1)N=Cc1nncn1-2. The van der Waals surface area contributed by atoms with Crippen LogP contribution in [0.5, 0.6) is 0 Å². The Hall–Kier alpha value is -2.89. The predicted molar refractivity (Wildman–Crippen MR) is 75.0 cm³/mol. The summed E-state index contributed by atoms with van der Waals surface area (Å²) >= 11 is 0. The van der Waals surface area contributed by atoms with Crippen LogP contribution in [0.4, 0.5) is 4.39 Å². The third kappa shape index (κ3) is 1.92. The number of aliphatic imine (C=N–C) groups is 1. The van der Waals surface area contributed by atoms with Crippen LogP contribution in [0.1, 0.15) is 23.1 Å². The second-order valence-corrected chi connectivity index (χ2v) is 4.70. The van der Waals surface area contributed by atoms with Crippen LogP contribution in [-0.4, -0.2) is 26.0 Å². The van der Waals surface area contributed by atoms with Gasteiger partial charge < -0.3 is 0 Å². The van der Waals surface area contributed by atoms with Gasteiger partial charge in [0.1, 0.15) is 18.2 Å². The molecule has 0 amide bonds. The molecule has 0 spiro atoms. The van der Waals surface area contributed by atoms with Crippen molar-refractivity contribution in [2.75, 3.05) is 0 Å². The molecule has 0 bridgehead atoms. The maximum Gasteiger partial charge on any atom is 0.179 e. The zero-order chi connectivity index (χ0) is 14.2. The molecule has 102 valence electrons. The van der Waals surface area contributed by atoms with E-state index in [0.29, 0.717) is 5.82 Å². The standard InChI is InChI=1S/C15H10FN5/c16-10-4-5-13-11(7-10)15(12-3-1-2-6-17-12)18-8-14-20-19-9-21(13)14/h1-9,15H. The van der Waals surface area contributed by atoms with Crippen molar-refractivity contribution in [3.05, 3.63) is 71.8 Å². The number of rotatable bonds is 1. The van der Waals surface area contributed by atoms with E-state index >= 15 is 0 Å². The molecular weight excluding hydrogens is 269 g/mol. The van der Waals surface area contributed by atoms with E-state index in [4.69, 9.17) is 0 Å². The van der Waals surface area contributed by atoms with Gasteiger partial charge in [-0.05, 0) is 30.3 Å². The smallest absolute Gasteiger partial charge is 0.179 e. The Bertz CT molecular complexity index is 825. The van der Waals surface area contributed by atoms with Crippen molar-refractivity contribution in [1.82, 2.24) is 19.7 Å². The summed E-state index contributed by atoms with van der Waals surface area (Å²) in [5.41, 5.74) is 2.31. The fourth-order valence-electron chi connectivity index (χ4n) is 2.48. The number of pyridine rings is 1. The number of nitrogens with zero attached hydrogens (tertiary/aromatic N) is 5. The molecule has 4 rings (SSSR count). The Morgan fingerprint density at radius 3 is 2.95 bits per heavy atom. The molecule has 0 saturated heterocycles. The van der Waals surface area contributed by atoms with Gasteiger partial charge in [-0.25, -0.2) is 4.39 Å². The molecule has 1 aliphatic rings. The molecule has 1 atom stereocenters. The average molecular weight is 279 g/mol. The third-order valence-electron chi connectivity index (χ3n) is 3.42. The molecule has 21 heavy (non-hydrogen) atoms. The van der Waals surface area contributed by atoms with Crippen LogP contribution in [0, 0.1) is 5.82 Å². The molecule has 3 aromatic rings. The van der Waals surface area contributed by atoms with E-state index in [1.807, 2.05) is 18.2 Å². The monoisotopic (exact) mass is 279 g/mol. The zero-order valence-corrected chi connectivity index (χ0v) is 10.9. The van der Waals surface area contributed by atoms with E-state index in [1.54, 1.807) is 29.4 Å². The van der Waals surface area contributed by atoms with Crippen LogP contribution in [0.3, 0.4) is 0 Å². The average Bonchev–Trinajstić information content (AvgIpc) is 2.92. The molecule has 0 radical (unpaired) electrons. The zero-order valence-electron chi connectivity index (χ0n) is 10.9. The van der Waals surface area contributed by atoms with Crippen LogP contribution in [-0.2, 0) is 0 Å². The maximum atomic E-state index is 13.7. The van der Waals surface area contributed by atoms with Gasteiger partial charge in [0.25, 0.3) is 0 Å². The van der Waals surface area contributed by atoms with Crippen molar-refractivity contribution in [1.29, 1.82) is 0 Å². The van der Waals surface area contributed by atoms with E-state index in [2.05, 4.69) is 20.2 Å². The first-order valence-electron chi connectivity index (χ1n) is 6.47. The minimum Gasteiger partial charge on any atom is -0.280 e. The van der Waals surface area contributed by atoms with Gasteiger partial charge in [0, 0.05) is 11.8 Å². The molecule has 1 aromatic carbocycles. The molecule has 0 fully saturated rings. The summed E-state index contributed by atoms with van der Waals surface area (Å²) in [4.78, 5) is 8.85. The van der Waals surface area contributed by atoms with Crippen molar-refractivity contribution in [2.45, 2.75) is 6.04 Å². The van der Waals surface area contributed by atoms with Gasteiger partial charge in [-0.1, -0.05) is 6.07 Å². The highest BCUT2D eigenvalue weighted by molar-refractivity contribution is 5.77. The summed E-state index contributed by atoms with van der Waals surface area (Å²) in [6.07, 6.45) is 4.94. The minimum atomic E-state index is -0.362. The number of fused-ring (bicyclic) bond motifs is 3. The first-order chi connectivity index (χ1) is 10.3. The lowest BCUT2D eigenvalue weighted by molar-refractivity contribution is 0.622. The molecule has 0 aliphatic carbocycles. The summed E-state index contributed by atoms with van der Waals surface area (Å²) < 4.78 is 15.5. The molecule has 2 aromatic heterocycles. The Morgan fingerprint density at radius 2 is 2.10 bits per heavy atom. The Kier molecular flexibility index (Phi) is 2.60. The lowest BCUT2D eigenvalue weighted by atomic mass is 10.0. The van der Waals surface area contributed by atoms with Crippen molar-refractivity contribution in [2.24, 2.45) is 4.99 Å². The number of hydrogen-bond acceptors (Lipinski definition) is 4. The van der Waals surface area contributed by atoms with E-state index in [0.717, 1.165) is 16.9 Å². The molecule has 1 unspecified atom stereocenters. The Balaban J connectivity index is 1.98. The van der Waals surface area contributed by atoms with E-state index in [1.165, 1.54) is 12.1 Å². The highest BCUT2D eigenvalue weighted by Crippen LogP contribution is 2.32. The van der Waals surface area contributed by atoms with Crippen LogP contribution in [0.25, 0.3) is 5.69 Å². The van der Waals surface area contributed by atoms with Gasteiger partial charge in [-0.15, -0.1) is 10.2 Å². The minimum absolute atomic E-state index is 0.304. The van der Waals surface area contributed by atoms with E-state index in [-0.39, 0.29) is 11.9 Å². The quantitative estimate of drug-likeness (QED) is 0.687. The van der Waals surface area contributed by atoms with Crippen molar-refractivity contribution in [3.63, 3.8) is 0 Å². The van der Waals surface area contributed by atoms with E-state index in [9.17, 15) is 4.39 Å². The second kappa shape index (κ2) is 4.59. The van der Waals surface area contributed by atoms with Crippen LogP contribution >= 0.6 is 0 Å². The predicted octanol–water partition coefficient (Wildman–Crippen LogP) is 2.32. The fraction of sp³-hybridized carbons (Fsp3) is 0.0667. The molecule has 0 N–H and O–H groups in total. The maximum absolute atomic E-state index is 13.7. The van der Waals surface area contributed by atoms with Crippen LogP contribution < -0.4 is 0 Å². The van der Waals surface area contributed by atoms with Gasteiger partial charge in [0.05, 0.1) is 17.6 Å². The second-order valence-electron chi connectivity index (χ2n) is 4.70. The lowest BCUT2D eigenvalue weighted by Gasteiger charge is -2.15. The van der Waals surface area contributed by atoms with Crippen molar-refractivity contribution >= 4 is 6.21 Å². The first-order valence-corrected chi connectivity index (χ1v) is 6.47. The van der Waals surface area contributed by atoms with Gasteiger partial charge in [-0.2, -0.15) is 0 Å². The Labute approximate surface area is 119 Å². The van der Waals surface area contributed by atoms with Gasteiger partial charge >= 0.3 is 0 Å². The molecule has 5 nitrogen and oxygen atoms in total. The summed E-state index contributed by atoms with van der Waals surface area (Å²) in [6, 6.07) is 9.86. The highest BCUT2D eigenvalue weighted by Gasteiger charge is 2.23. The molecule has 3 heterocycles. The summed E-state index contributed by atoms with van der Waals surface area (Å²) in [5.74, 6) is 0.308. The highest BCUT2D eigenvalue weighted by atomic mass is 19.1. The topological polar surface area (TPSA) is 56.0 Å². The first kappa shape index (κ1) is 11.9. The van der Waals surface area contributed by atoms with Crippen molar-refractivity contribution in [3.8, 4) is 5.69 Å². The summed E-state index contributed by atoms with van der Waals surface area (Å²) in [6.45, 7) is 0. The fourth-order valence-corrected chi connectivity index (χ4v) is 2.48.